The number of nitrogens with zero attached hydrogens (tertiary/aromatic N) is 1. The summed E-state index contributed by atoms with van der Waals surface area (Å²) in [6, 6.07) is 13.1. The lowest BCUT2D eigenvalue weighted by Crippen LogP contribution is -2.18. The highest BCUT2D eigenvalue weighted by Gasteiger charge is 2.12. The Labute approximate surface area is 118 Å². The highest BCUT2D eigenvalue weighted by molar-refractivity contribution is 5.70. The predicted molar refractivity (Wildman–Crippen MR) is 74.8 cm³/mol. The number of carbonyl (C=O) groups is 1. The molecule has 4 nitrogen and oxygen atoms in total. The van der Waals surface area contributed by atoms with Crippen LogP contribution in [-0.4, -0.2) is 22.2 Å². The molecule has 104 valence electrons. The number of aliphatic hydroxyl groups excluding tert-OH is 1. The van der Waals surface area contributed by atoms with Crippen LogP contribution in [0.3, 0.4) is 0 Å². The van der Waals surface area contributed by atoms with E-state index in [2.05, 4.69) is 4.98 Å². The lowest BCUT2D eigenvalue weighted by molar-refractivity contribution is -0.147. The van der Waals surface area contributed by atoms with Crippen LogP contribution in [0, 0.1) is 0 Å². The lowest BCUT2D eigenvalue weighted by atomic mass is 10.1. The Morgan fingerprint density at radius 3 is 2.50 bits per heavy atom. The first-order chi connectivity index (χ1) is 9.74. The van der Waals surface area contributed by atoms with Gasteiger partial charge in [-0.25, -0.2) is 0 Å². The molecule has 1 unspecified atom stereocenters. The van der Waals surface area contributed by atoms with Gasteiger partial charge in [0.2, 0.25) is 0 Å². The molecule has 0 bridgehead atoms. The third kappa shape index (κ3) is 4.82. The van der Waals surface area contributed by atoms with Crippen molar-refractivity contribution < 1.29 is 14.6 Å². The van der Waals surface area contributed by atoms with Crippen molar-refractivity contribution >= 4 is 5.97 Å². The maximum Gasteiger partial charge on any atom is 0.308 e. The van der Waals surface area contributed by atoms with Gasteiger partial charge in [-0.1, -0.05) is 30.3 Å². The molecule has 0 saturated carbocycles. The minimum atomic E-state index is -0.720. The summed E-state index contributed by atoms with van der Waals surface area (Å²) in [5.74, 6) is -0.398. The molecule has 0 spiro atoms. The van der Waals surface area contributed by atoms with Crippen LogP contribution < -0.4 is 0 Å². The van der Waals surface area contributed by atoms with E-state index in [1.165, 1.54) is 0 Å². The van der Waals surface area contributed by atoms with E-state index in [1.807, 2.05) is 30.3 Å². The largest absolute Gasteiger partial charge is 0.461 e. The van der Waals surface area contributed by atoms with Crippen LogP contribution >= 0.6 is 0 Å². The molecule has 4 heteroatoms. The van der Waals surface area contributed by atoms with E-state index in [1.54, 1.807) is 24.5 Å². The molecule has 1 heterocycles. The summed E-state index contributed by atoms with van der Waals surface area (Å²) in [6.07, 6.45) is 3.02. The summed E-state index contributed by atoms with van der Waals surface area (Å²) in [6.45, 7) is 0.208. The predicted octanol–water partition coefficient (Wildman–Crippen LogP) is 2.12. The normalized spacial score (nSPS) is 11.8. The highest BCUT2D eigenvalue weighted by Crippen LogP contribution is 2.07. The summed E-state index contributed by atoms with van der Waals surface area (Å²) in [5.41, 5.74) is 1.88. The summed E-state index contributed by atoms with van der Waals surface area (Å²) in [5, 5.41) is 9.86. The number of ether oxygens (including phenoxy) is 1. The third-order valence-electron chi connectivity index (χ3n) is 2.87. The van der Waals surface area contributed by atoms with Crippen molar-refractivity contribution in [3.8, 4) is 0 Å². The van der Waals surface area contributed by atoms with E-state index < -0.39 is 12.1 Å². The number of rotatable bonds is 6. The van der Waals surface area contributed by atoms with Gasteiger partial charge >= 0.3 is 5.97 Å². The monoisotopic (exact) mass is 271 g/mol. The van der Waals surface area contributed by atoms with E-state index in [0.717, 1.165) is 11.1 Å². The van der Waals surface area contributed by atoms with Crippen LogP contribution in [0.2, 0.25) is 0 Å². The molecule has 0 amide bonds. The fourth-order valence-electron chi connectivity index (χ4n) is 1.85. The van der Waals surface area contributed by atoms with Crippen molar-refractivity contribution in [3.05, 3.63) is 66.0 Å². The van der Waals surface area contributed by atoms with Crippen LogP contribution in [0.1, 0.15) is 17.5 Å². The van der Waals surface area contributed by atoms with Gasteiger partial charge in [0.05, 0.1) is 12.5 Å². The van der Waals surface area contributed by atoms with Gasteiger partial charge in [-0.15, -0.1) is 0 Å². The molecule has 2 rings (SSSR count). The first-order valence-corrected chi connectivity index (χ1v) is 6.50. The van der Waals surface area contributed by atoms with Gasteiger partial charge in [-0.3, -0.25) is 9.78 Å². The molecule has 2 aromatic rings. The minimum absolute atomic E-state index is 0.0000220. The number of carbonyl (C=O) groups excluding carboxylic acids is 1. The molecule has 1 atom stereocenters. The van der Waals surface area contributed by atoms with Gasteiger partial charge in [0.25, 0.3) is 0 Å². The third-order valence-corrected chi connectivity index (χ3v) is 2.87. The van der Waals surface area contributed by atoms with Gasteiger partial charge in [0.15, 0.2) is 0 Å². The molecule has 0 fully saturated rings. The highest BCUT2D eigenvalue weighted by atomic mass is 16.5. The van der Waals surface area contributed by atoms with E-state index in [-0.39, 0.29) is 13.0 Å². The Bertz CT molecular complexity index is 528. The zero-order valence-corrected chi connectivity index (χ0v) is 11.1. The Morgan fingerprint density at radius 1 is 1.10 bits per heavy atom. The van der Waals surface area contributed by atoms with E-state index in [0.29, 0.717) is 6.42 Å². The Balaban J connectivity index is 1.74. The fourth-order valence-corrected chi connectivity index (χ4v) is 1.85. The van der Waals surface area contributed by atoms with E-state index in [9.17, 15) is 9.90 Å². The average Bonchev–Trinajstić information content (AvgIpc) is 2.47. The van der Waals surface area contributed by atoms with Crippen LogP contribution in [0.5, 0.6) is 0 Å². The molecule has 20 heavy (non-hydrogen) atoms. The van der Waals surface area contributed by atoms with Gasteiger partial charge in [0.1, 0.15) is 6.61 Å². The van der Waals surface area contributed by atoms with Crippen molar-refractivity contribution in [2.75, 3.05) is 0 Å². The summed E-state index contributed by atoms with van der Waals surface area (Å²) in [4.78, 5) is 15.5. The number of aromatic nitrogens is 1. The van der Waals surface area contributed by atoms with Crippen molar-refractivity contribution in [1.82, 2.24) is 4.98 Å². The molecule has 1 aromatic heterocycles. The molecule has 0 saturated heterocycles. The summed E-state index contributed by atoms with van der Waals surface area (Å²) in [7, 11) is 0. The first-order valence-electron chi connectivity index (χ1n) is 6.50. The van der Waals surface area contributed by atoms with E-state index in [4.69, 9.17) is 4.74 Å². The van der Waals surface area contributed by atoms with Gasteiger partial charge in [-0.05, 0) is 29.7 Å². The number of pyridine rings is 1. The quantitative estimate of drug-likeness (QED) is 0.818. The topological polar surface area (TPSA) is 59.4 Å². The van der Waals surface area contributed by atoms with Crippen molar-refractivity contribution in [2.24, 2.45) is 0 Å². The SMILES string of the molecule is O=C(CC(O)Cc1ccccc1)OCc1ccncc1. The fraction of sp³-hybridized carbons (Fsp3) is 0.250. The zero-order chi connectivity index (χ0) is 14.2. The van der Waals surface area contributed by atoms with Crippen LogP contribution in [0.15, 0.2) is 54.9 Å². The second-order valence-corrected chi connectivity index (χ2v) is 4.56. The van der Waals surface area contributed by atoms with Crippen molar-refractivity contribution in [1.29, 1.82) is 0 Å². The zero-order valence-electron chi connectivity index (χ0n) is 11.1. The second-order valence-electron chi connectivity index (χ2n) is 4.56. The first kappa shape index (κ1) is 14.2. The molecular formula is C16H17NO3. The Kier molecular flexibility index (Phi) is 5.26. The van der Waals surface area contributed by atoms with Crippen molar-refractivity contribution in [3.63, 3.8) is 0 Å². The number of esters is 1. The number of hydrogen-bond acceptors (Lipinski definition) is 4. The van der Waals surface area contributed by atoms with Crippen LogP contribution in [0.4, 0.5) is 0 Å². The average molecular weight is 271 g/mol. The molecule has 1 N–H and O–H groups in total. The van der Waals surface area contributed by atoms with Gasteiger partial charge < -0.3 is 9.84 Å². The Hall–Kier alpha value is -2.20. The van der Waals surface area contributed by atoms with Gasteiger partial charge in [0, 0.05) is 12.4 Å². The maximum absolute atomic E-state index is 11.6. The molecule has 0 radical (unpaired) electrons. The molecular weight excluding hydrogens is 254 g/mol. The van der Waals surface area contributed by atoms with E-state index >= 15 is 0 Å². The lowest BCUT2D eigenvalue weighted by Gasteiger charge is -2.10. The Morgan fingerprint density at radius 2 is 1.80 bits per heavy atom. The minimum Gasteiger partial charge on any atom is -0.461 e. The van der Waals surface area contributed by atoms with Crippen LogP contribution in [0.25, 0.3) is 0 Å². The number of hydrogen-bond donors (Lipinski definition) is 1. The maximum atomic E-state index is 11.6. The number of benzene rings is 1. The van der Waals surface area contributed by atoms with Gasteiger partial charge in [-0.2, -0.15) is 0 Å². The van der Waals surface area contributed by atoms with Crippen molar-refractivity contribution in [2.45, 2.75) is 25.6 Å². The standard InChI is InChI=1S/C16H17NO3/c18-15(10-13-4-2-1-3-5-13)11-16(19)20-12-14-6-8-17-9-7-14/h1-9,15,18H,10-12H2. The summed E-state index contributed by atoms with van der Waals surface area (Å²) >= 11 is 0. The second kappa shape index (κ2) is 7.40. The molecule has 1 aromatic carbocycles. The molecule has 0 aliphatic heterocycles. The number of aliphatic hydroxyl groups is 1. The molecule has 0 aliphatic carbocycles. The smallest absolute Gasteiger partial charge is 0.308 e. The van der Waals surface area contributed by atoms with Crippen LogP contribution in [-0.2, 0) is 22.6 Å². The summed E-state index contributed by atoms with van der Waals surface area (Å²) < 4.78 is 5.11. The molecule has 0 aliphatic rings.